The summed E-state index contributed by atoms with van der Waals surface area (Å²) in [6.45, 7) is 3.65. The smallest absolute Gasteiger partial charge is 0.0780 e. The lowest BCUT2D eigenvalue weighted by Crippen LogP contribution is -3.00. The molecule has 0 atom stereocenters. The van der Waals surface area contributed by atoms with Gasteiger partial charge in [0, 0.05) is 0 Å². The Morgan fingerprint density at radius 2 is 0.286 bits per heavy atom. The molecule has 0 bridgehead atoms. The highest BCUT2D eigenvalue weighted by Gasteiger charge is 2.05. The van der Waals surface area contributed by atoms with E-state index in [1.165, 1.54) is 321 Å². The fourth-order valence-electron chi connectivity index (χ4n) is 8.97. The van der Waals surface area contributed by atoms with Gasteiger partial charge < -0.3 is 21.5 Å². The molecule has 0 amide bonds. The Bertz CT molecular complexity index is 655. The first-order chi connectivity index (χ1) is 27.1. The zero-order valence-corrected chi connectivity index (χ0v) is 41.8. The van der Waals surface area contributed by atoms with Gasteiger partial charge in [-0.3, -0.25) is 0 Å². The third-order valence-electron chi connectivity index (χ3n) is 12.9. The van der Waals surface area contributed by atoms with E-state index in [1.54, 1.807) is 0 Å². The number of rotatable bonds is 50. The minimum Gasteiger partial charge on any atom is -1.00 e. The molecule has 0 aliphatic rings. The van der Waals surface area contributed by atoms with Crippen LogP contribution in [0.25, 0.3) is 0 Å². The summed E-state index contributed by atoms with van der Waals surface area (Å²) in [5.74, 6) is 0. The van der Waals surface area contributed by atoms with E-state index in [0.717, 1.165) is 4.48 Å². The number of nitrogens with zero attached hydrogens (tertiary/aromatic N) is 1. The summed E-state index contributed by atoms with van der Waals surface area (Å²) >= 11 is 0. The Labute approximate surface area is 369 Å². The van der Waals surface area contributed by atoms with Gasteiger partial charge in [-0.15, -0.1) is 0 Å². The monoisotopic (exact) mass is 854 g/mol. The number of hydrogen-bond acceptors (Lipinski definition) is 0. The second-order valence-electron chi connectivity index (χ2n) is 20.0. The van der Waals surface area contributed by atoms with Crippen LogP contribution in [0.4, 0.5) is 0 Å². The summed E-state index contributed by atoms with van der Waals surface area (Å²) < 4.78 is 1.12. The van der Waals surface area contributed by atoms with Crippen LogP contribution in [-0.2, 0) is 0 Å². The Morgan fingerprint density at radius 1 is 0.179 bits per heavy atom. The topological polar surface area (TPSA) is 0 Å². The van der Waals surface area contributed by atoms with Gasteiger partial charge in [-0.25, -0.2) is 0 Å². The second kappa shape index (κ2) is 51.6. The van der Waals surface area contributed by atoms with Crippen molar-refractivity contribution in [3.8, 4) is 0 Å². The normalized spacial score (nSPS) is 11.8. The van der Waals surface area contributed by atoms with E-state index in [4.69, 9.17) is 0 Å². The summed E-state index contributed by atoms with van der Waals surface area (Å²) in [7, 11) is 6.94. The summed E-state index contributed by atoms with van der Waals surface area (Å²) in [5.41, 5.74) is 0. The lowest BCUT2D eigenvalue weighted by molar-refractivity contribution is -0.870. The molecule has 0 aliphatic carbocycles. The average molecular weight is 855 g/mol. The highest BCUT2D eigenvalue weighted by Crippen LogP contribution is 2.19. The quantitative estimate of drug-likeness (QED) is 0.0422. The van der Waals surface area contributed by atoms with Crippen LogP contribution in [0, 0.1) is 0 Å². The minimum absolute atomic E-state index is 0. The Morgan fingerprint density at radius 3 is 0.393 bits per heavy atom. The van der Waals surface area contributed by atoms with Gasteiger partial charge in [-0.1, -0.05) is 309 Å². The van der Waals surface area contributed by atoms with Gasteiger partial charge in [0.05, 0.1) is 27.7 Å². The van der Waals surface area contributed by atoms with Gasteiger partial charge >= 0.3 is 0 Å². The highest BCUT2D eigenvalue weighted by molar-refractivity contribution is 4.54. The third kappa shape index (κ3) is 56.5. The van der Waals surface area contributed by atoms with E-state index in [1.807, 2.05) is 0 Å². The predicted molar refractivity (Wildman–Crippen MR) is 255 cm³/mol. The molecular weight excluding hydrogens is 743 g/mol. The maximum absolute atomic E-state index is 2.31. The first-order valence-corrected chi connectivity index (χ1v) is 26.9. The van der Waals surface area contributed by atoms with Crippen LogP contribution in [-0.4, -0.2) is 32.2 Å². The van der Waals surface area contributed by atoms with Crippen LogP contribution in [0.1, 0.15) is 322 Å². The molecule has 0 saturated heterocycles. The Hall–Kier alpha value is 0.440. The minimum atomic E-state index is 0. The van der Waals surface area contributed by atoms with Crippen molar-refractivity contribution >= 4 is 0 Å². The van der Waals surface area contributed by atoms with E-state index < -0.39 is 0 Å². The number of unbranched alkanes of at least 4 members (excludes halogenated alkanes) is 48. The zero-order valence-electron chi connectivity index (χ0n) is 40.2. The molecular formula is C54H112BrN. The van der Waals surface area contributed by atoms with Crippen LogP contribution >= 0.6 is 0 Å². The molecule has 0 aromatic heterocycles. The number of quaternary nitrogens is 1. The van der Waals surface area contributed by atoms with Gasteiger partial charge in [0.2, 0.25) is 0 Å². The van der Waals surface area contributed by atoms with E-state index in [2.05, 4.69) is 28.1 Å². The number of halogens is 1. The van der Waals surface area contributed by atoms with Gasteiger partial charge in [0.1, 0.15) is 0 Å². The van der Waals surface area contributed by atoms with Crippen molar-refractivity contribution in [1.82, 2.24) is 0 Å². The summed E-state index contributed by atoms with van der Waals surface area (Å²) in [6, 6.07) is 0. The van der Waals surface area contributed by atoms with Crippen molar-refractivity contribution in [2.45, 2.75) is 322 Å². The lowest BCUT2D eigenvalue weighted by Gasteiger charge is -2.23. The van der Waals surface area contributed by atoms with Crippen molar-refractivity contribution in [3.05, 3.63) is 0 Å². The molecule has 0 aromatic carbocycles. The second-order valence-corrected chi connectivity index (χ2v) is 20.0. The number of hydrogen-bond donors (Lipinski definition) is 0. The van der Waals surface area contributed by atoms with Crippen molar-refractivity contribution in [2.24, 2.45) is 0 Å². The lowest BCUT2D eigenvalue weighted by atomic mass is 10.0. The maximum Gasteiger partial charge on any atom is 0.0780 e. The summed E-state index contributed by atoms with van der Waals surface area (Å²) in [4.78, 5) is 0. The molecule has 340 valence electrons. The van der Waals surface area contributed by atoms with Crippen molar-refractivity contribution in [1.29, 1.82) is 0 Å². The van der Waals surface area contributed by atoms with Gasteiger partial charge in [0.25, 0.3) is 0 Å². The zero-order chi connectivity index (χ0) is 39.9. The van der Waals surface area contributed by atoms with Crippen molar-refractivity contribution in [3.63, 3.8) is 0 Å². The molecule has 0 saturated carbocycles. The highest BCUT2D eigenvalue weighted by atomic mass is 79.9. The molecule has 0 aliphatic heterocycles. The van der Waals surface area contributed by atoms with Crippen molar-refractivity contribution in [2.75, 3.05) is 27.7 Å². The van der Waals surface area contributed by atoms with Crippen LogP contribution in [0.2, 0.25) is 0 Å². The molecule has 0 rings (SSSR count). The van der Waals surface area contributed by atoms with Crippen LogP contribution in [0.3, 0.4) is 0 Å². The van der Waals surface area contributed by atoms with E-state index in [0.29, 0.717) is 0 Å². The molecule has 0 aromatic rings. The molecule has 0 spiro atoms. The van der Waals surface area contributed by atoms with Crippen molar-refractivity contribution < 1.29 is 21.5 Å². The third-order valence-corrected chi connectivity index (χ3v) is 12.9. The maximum atomic E-state index is 2.31. The summed E-state index contributed by atoms with van der Waals surface area (Å²) in [5, 5.41) is 0. The van der Waals surface area contributed by atoms with E-state index in [-0.39, 0.29) is 17.0 Å². The van der Waals surface area contributed by atoms with Gasteiger partial charge in [-0.2, -0.15) is 0 Å². The predicted octanol–water partition coefficient (Wildman–Crippen LogP) is 16.8. The SMILES string of the molecule is CCCCCCCCCCCCCCCCCCCCCCCCCCCCCCCCCCCCCCCCCCCCCCCCCCC[N+](C)(C)C.[Br-]. The van der Waals surface area contributed by atoms with E-state index in [9.17, 15) is 0 Å². The molecule has 1 nitrogen and oxygen atoms in total. The molecule has 56 heavy (non-hydrogen) atoms. The fraction of sp³-hybridized carbons (Fsp3) is 1.00. The first kappa shape index (κ1) is 58.5. The van der Waals surface area contributed by atoms with Gasteiger partial charge in [0.15, 0.2) is 0 Å². The molecule has 2 heteroatoms. The standard InChI is InChI=1S/C54H112N.BrH/c1-5-6-7-8-9-10-11-12-13-14-15-16-17-18-19-20-21-22-23-24-25-26-27-28-29-30-31-32-33-34-35-36-37-38-39-40-41-42-43-44-45-46-47-48-49-50-51-52-53-54-55(2,3)4;/h5-54H2,1-4H3;1H/q+1;/p-1. The molecule has 0 heterocycles. The molecule has 0 radical (unpaired) electrons. The molecule has 0 unspecified atom stereocenters. The fourth-order valence-corrected chi connectivity index (χ4v) is 8.97. The molecule has 0 N–H and O–H groups in total. The van der Waals surface area contributed by atoms with Crippen LogP contribution in [0.5, 0.6) is 0 Å². The average Bonchev–Trinajstić information content (AvgIpc) is 3.17. The Balaban J connectivity index is 0. The van der Waals surface area contributed by atoms with E-state index >= 15 is 0 Å². The van der Waals surface area contributed by atoms with Crippen LogP contribution in [0.15, 0.2) is 0 Å². The molecule has 0 fully saturated rings. The summed E-state index contributed by atoms with van der Waals surface area (Å²) in [6.07, 6.45) is 72.8. The van der Waals surface area contributed by atoms with Gasteiger partial charge in [-0.05, 0) is 12.8 Å². The Kier molecular flexibility index (Phi) is 53.9. The van der Waals surface area contributed by atoms with Crippen LogP contribution < -0.4 is 17.0 Å². The first-order valence-electron chi connectivity index (χ1n) is 26.9. The largest absolute Gasteiger partial charge is 1.00 e.